The fourth-order valence-corrected chi connectivity index (χ4v) is 4.07. The second-order valence-electron chi connectivity index (χ2n) is 7.64. The monoisotopic (exact) mass is 416 g/mol. The van der Waals surface area contributed by atoms with Crippen molar-refractivity contribution in [3.05, 3.63) is 53.9 Å². The van der Waals surface area contributed by atoms with E-state index in [0.29, 0.717) is 11.6 Å². The lowest BCUT2D eigenvalue weighted by Crippen LogP contribution is -2.42. The molecule has 1 aromatic carbocycles. The van der Waals surface area contributed by atoms with Gasteiger partial charge in [-0.05, 0) is 31.9 Å². The Hall–Kier alpha value is -2.74. The van der Waals surface area contributed by atoms with Crippen LogP contribution in [0.4, 0.5) is 13.2 Å². The number of nitrogens with zero attached hydrogens (tertiary/aromatic N) is 4. The highest BCUT2D eigenvalue weighted by Gasteiger charge is 2.36. The number of halogens is 3. The molecule has 2 aromatic heterocycles. The molecule has 8 heteroatoms. The van der Waals surface area contributed by atoms with Gasteiger partial charge >= 0.3 is 6.18 Å². The summed E-state index contributed by atoms with van der Waals surface area (Å²) in [5, 5.41) is 3.99. The fraction of sp³-hybridized carbons (Fsp3) is 0.409. The van der Waals surface area contributed by atoms with Crippen molar-refractivity contribution < 1.29 is 18.0 Å². The Morgan fingerprint density at radius 2 is 1.93 bits per heavy atom. The van der Waals surface area contributed by atoms with E-state index in [4.69, 9.17) is 0 Å². The SMILES string of the molecule is CCC1CCCCN1CC(=O)c1cc2nc(-c3ccccc3)cc(C(F)(F)F)n2n1. The topological polar surface area (TPSA) is 50.5 Å². The van der Waals surface area contributed by atoms with E-state index in [2.05, 4.69) is 21.9 Å². The highest BCUT2D eigenvalue weighted by molar-refractivity contribution is 5.96. The van der Waals surface area contributed by atoms with Crippen LogP contribution in [-0.4, -0.2) is 44.4 Å². The molecule has 0 spiro atoms. The quantitative estimate of drug-likeness (QED) is 0.558. The summed E-state index contributed by atoms with van der Waals surface area (Å²) in [6, 6.07) is 11.3. The molecule has 0 bridgehead atoms. The summed E-state index contributed by atoms with van der Waals surface area (Å²) in [4.78, 5) is 19.3. The number of fused-ring (bicyclic) bond motifs is 1. The van der Waals surface area contributed by atoms with Gasteiger partial charge in [0.15, 0.2) is 17.1 Å². The first-order chi connectivity index (χ1) is 14.4. The van der Waals surface area contributed by atoms with Gasteiger partial charge in [-0.25, -0.2) is 9.50 Å². The maximum atomic E-state index is 13.7. The first-order valence-corrected chi connectivity index (χ1v) is 10.2. The Kier molecular flexibility index (Phi) is 5.60. The Morgan fingerprint density at radius 1 is 1.17 bits per heavy atom. The number of aromatic nitrogens is 3. The zero-order valence-electron chi connectivity index (χ0n) is 16.7. The number of carbonyl (C=O) groups is 1. The molecular weight excluding hydrogens is 393 g/mol. The lowest BCUT2D eigenvalue weighted by molar-refractivity contribution is -0.142. The number of piperidine rings is 1. The molecule has 1 aliphatic heterocycles. The maximum Gasteiger partial charge on any atom is 0.433 e. The van der Waals surface area contributed by atoms with Crippen molar-refractivity contribution in [1.29, 1.82) is 0 Å². The van der Waals surface area contributed by atoms with E-state index < -0.39 is 11.9 Å². The van der Waals surface area contributed by atoms with Crippen LogP contribution in [0.5, 0.6) is 0 Å². The molecule has 1 aliphatic rings. The molecule has 4 rings (SSSR count). The van der Waals surface area contributed by atoms with Crippen LogP contribution >= 0.6 is 0 Å². The summed E-state index contributed by atoms with van der Waals surface area (Å²) in [5.41, 5.74) is -0.166. The predicted octanol–water partition coefficient (Wildman–Crippen LogP) is 4.86. The number of Topliss-reactive ketones (excluding diaryl/α,β-unsaturated/α-hetero) is 1. The van der Waals surface area contributed by atoms with Gasteiger partial charge in [0, 0.05) is 17.7 Å². The summed E-state index contributed by atoms with van der Waals surface area (Å²) in [6.07, 6.45) is -0.487. The number of ketones is 1. The van der Waals surface area contributed by atoms with Crippen LogP contribution in [0, 0.1) is 0 Å². The van der Waals surface area contributed by atoms with Crippen LogP contribution in [0.15, 0.2) is 42.5 Å². The van der Waals surface area contributed by atoms with Gasteiger partial charge in [-0.2, -0.15) is 18.3 Å². The largest absolute Gasteiger partial charge is 0.433 e. The van der Waals surface area contributed by atoms with E-state index >= 15 is 0 Å². The van der Waals surface area contributed by atoms with Gasteiger partial charge in [-0.15, -0.1) is 0 Å². The third-order valence-corrected chi connectivity index (χ3v) is 5.64. The molecule has 3 heterocycles. The van der Waals surface area contributed by atoms with Crippen LogP contribution in [-0.2, 0) is 6.18 Å². The second kappa shape index (κ2) is 8.18. The summed E-state index contributed by atoms with van der Waals surface area (Å²) < 4.78 is 41.9. The number of hydrogen-bond acceptors (Lipinski definition) is 4. The first kappa shape index (κ1) is 20.5. The Morgan fingerprint density at radius 3 is 2.63 bits per heavy atom. The van der Waals surface area contributed by atoms with Crippen molar-refractivity contribution in [2.75, 3.05) is 13.1 Å². The minimum atomic E-state index is -4.63. The van der Waals surface area contributed by atoms with Crippen molar-refractivity contribution in [3.8, 4) is 11.3 Å². The molecule has 1 saturated heterocycles. The Bertz CT molecular complexity index is 1050. The molecule has 1 atom stereocenters. The number of rotatable bonds is 5. The summed E-state index contributed by atoms with van der Waals surface area (Å²) in [7, 11) is 0. The summed E-state index contributed by atoms with van der Waals surface area (Å²) in [5.74, 6) is -0.282. The van der Waals surface area contributed by atoms with Crippen LogP contribution in [0.3, 0.4) is 0 Å². The van der Waals surface area contributed by atoms with E-state index in [1.807, 2.05) is 0 Å². The van der Waals surface area contributed by atoms with E-state index in [-0.39, 0.29) is 29.4 Å². The number of likely N-dealkylation sites (tertiary alicyclic amines) is 1. The number of benzene rings is 1. The molecule has 0 aliphatic carbocycles. The first-order valence-electron chi connectivity index (χ1n) is 10.2. The highest BCUT2D eigenvalue weighted by atomic mass is 19.4. The van der Waals surface area contributed by atoms with Gasteiger partial charge in [-0.3, -0.25) is 9.69 Å². The average molecular weight is 416 g/mol. The molecule has 0 amide bonds. The number of carbonyl (C=O) groups excluding carboxylic acids is 1. The third kappa shape index (κ3) is 4.09. The molecule has 0 saturated carbocycles. The smallest absolute Gasteiger partial charge is 0.293 e. The third-order valence-electron chi connectivity index (χ3n) is 5.64. The standard InChI is InChI=1S/C22H23F3N4O/c1-2-16-10-6-7-11-28(16)14-19(30)18-13-21-26-17(15-8-4-3-5-9-15)12-20(22(23,24)25)29(21)27-18/h3-5,8-9,12-13,16H,2,6-7,10-11,14H2,1H3. The van der Waals surface area contributed by atoms with Crippen LogP contribution in [0.2, 0.25) is 0 Å². The van der Waals surface area contributed by atoms with Crippen molar-refractivity contribution >= 4 is 11.4 Å². The molecule has 0 N–H and O–H groups in total. The van der Waals surface area contributed by atoms with Crippen molar-refractivity contribution in [1.82, 2.24) is 19.5 Å². The summed E-state index contributed by atoms with van der Waals surface area (Å²) in [6.45, 7) is 3.07. The van der Waals surface area contributed by atoms with Gasteiger partial charge in [-0.1, -0.05) is 43.7 Å². The van der Waals surface area contributed by atoms with Gasteiger partial charge < -0.3 is 0 Å². The molecule has 5 nitrogen and oxygen atoms in total. The van der Waals surface area contributed by atoms with Crippen LogP contribution < -0.4 is 0 Å². The fourth-order valence-electron chi connectivity index (χ4n) is 4.07. The molecule has 1 unspecified atom stereocenters. The summed E-state index contributed by atoms with van der Waals surface area (Å²) >= 11 is 0. The zero-order chi connectivity index (χ0) is 21.3. The van der Waals surface area contributed by atoms with E-state index in [1.165, 1.54) is 6.07 Å². The second-order valence-corrected chi connectivity index (χ2v) is 7.64. The highest BCUT2D eigenvalue weighted by Crippen LogP contribution is 2.32. The Balaban J connectivity index is 1.71. The van der Waals surface area contributed by atoms with E-state index in [9.17, 15) is 18.0 Å². The minimum Gasteiger partial charge on any atom is -0.293 e. The lowest BCUT2D eigenvalue weighted by atomic mass is 9.99. The lowest BCUT2D eigenvalue weighted by Gasteiger charge is -2.34. The molecule has 158 valence electrons. The van der Waals surface area contributed by atoms with Crippen molar-refractivity contribution in [2.45, 2.75) is 44.8 Å². The molecule has 30 heavy (non-hydrogen) atoms. The molecule has 3 aromatic rings. The van der Waals surface area contributed by atoms with Crippen molar-refractivity contribution in [3.63, 3.8) is 0 Å². The van der Waals surface area contributed by atoms with Gasteiger partial charge in [0.05, 0.1) is 12.2 Å². The van der Waals surface area contributed by atoms with Crippen LogP contribution in [0.25, 0.3) is 16.9 Å². The van der Waals surface area contributed by atoms with Gasteiger partial charge in [0.2, 0.25) is 0 Å². The zero-order valence-corrected chi connectivity index (χ0v) is 16.7. The van der Waals surface area contributed by atoms with Crippen molar-refractivity contribution in [2.24, 2.45) is 0 Å². The normalized spacial score (nSPS) is 18.1. The maximum absolute atomic E-state index is 13.7. The number of hydrogen-bond donors (Lipinski definition) is 0. The predicted molar refractivity (Wildman–Crippen MR) is 107 cm³/mol. The average Bonchev–Trinajstić information content (AvgIpc) is 3.17. The molecule has 1 fully saturated rings. The van der Waals surface area contributed by atoms with Crippen LogP contribution in [0.1, 0.15) is 48.8 Å². The molecular formula is C22H23F3N4O. The Labute approximate surface area is 172 Å². The van der Waals surface area contributed by atoms with E-state index in [0.717, 1.165) is 42.8 Å². The number of alkyl halides is 3. The van der Waals surface area contributed by atoms with E-state index in [1.54, 1.807) is 30.3 Å². The van der Waals surface area contributed by atoms with Gasteiger partial charge in [0.1, 0.15) is 5.69 Å². The molecule has 0 radical (unpaired) electrons. The van der Waals surface area contributed by atoms with Gasteiger partial charge in [0.25, 0.3) is 0 Å². The minimum absolute atomic E-state index is 0.0118.